The van der Waals surface area contributed by atoms with Crippen LogP contribution in [0.4, 0.5) is 0 Å². The first kappa shape index (κ1) is 16.5. The molecule has 1 aliphatic carbocycles. The Balaban J connectivity index is 0.000000741. The molecule has 110 valence electrons. The molecule has 1 aliphatic rings. The van der Waals surface area contributed by atoms with Crippen LogP contribution in [-0.2, 0) is 0 Å². The van der Waals surface area contributed by atoms with Crippen molar-refractivity contribution >= 4 is 0 Å². The van der Waals surface area contributed by atoms with Gasteiger partial charge in [0.15, 0.2) is 0 Å². The fourth-order valence-corrected chi connectivity index (χ4v) is 2.74. The van der Waals surface area contributed by atoms with Gasteiger partial charge < -0.3 is 0 Å². The lowest BCUT2D eigenvalue weighted by Crippen LogP contribution is -1.90. The van der Waals surface area contributed by atoms with E-state index in [-0.39, 0.29) is 1.43 Å². The first-order valence-corrected chi connectivity index (χ1v) is 7.88. The van der Waals surface area contributed by atoms with Crippen molar-refractivity contribution in [2.45, 2.75) is 54.4 Å². The molecule has 0 atom stereocenters. The lowest BCUT2D eigenvalue weighted by atomic mass is 9.97. The molecule has 2 aromatic rings. The molecule has 0 heteroatoms. The maximum atomic E-state index is 2.33. The number of hydrogen-bond acceptors (Lipinski definition) is 0. The maximum absolute atomic E-state index is 2.33. The van der Waals surface area contributed by atoms with Gasteiger partial charge in [-0.2, -0.15) is 0 Å². The molecule has 0 unspecified atom stereocenters. The standard InChI is InChI=1S/C16H16.2C2H6.H2/c1-10-4-6-13-14-7-5-11(2)9-16(14)12(3)15(13)8-10;2*1-2;/h4-9,12H,1-3H3;2*1-2H3;1H/i;;;1+1. The molecule has 0 amide bonds. The van der Waals surface area contributed by atoms with Gasteiger partial charge in [-0.25, -0.2) is 0 Å². The Morgan fingerprint density at radius 3 is 1.40 bits per heavy atom. The molecule has 0 spiro atoms. The van der Waals surface area contributed by atoms with Gasteiger partial charge in [-0.1, -0.05) is 82.1 Å². The van der Waals surface area contributed by atoms with Crippen molar-refractivity contribution in [1.29, 1.82) is 0 Å². The second-order valence-corrected chi connectivity index (χ2v) is 4.90. The van der Waals surface area contributed by atoms with E-state index in [1.807, 2.05) is 27.7 Å². The number of benzene rings is 2. The summed E-state index contributed by atoms with van der Waals surface area (Å²) < 4.78 is 0. The van der Waals surface area contributed by atoms with Crippen LogP contribution in [0.25, 0.3) is 11.1 Å². The van der Waals surface area contributed by atoms with Crippen LogP contribution in [0.5, 0.6) is 0 Å². The Kier molecular flexibility index (Phi) is 6.01. The van der Waals surface area contributed by atoms with Crippen LogP contribution in [0.3, 0.4) is 0 Å². The third-order valence-electron chi connectivity index (χ3n) is 3.64. The van der Waals surface area contributed by atoms with Gasteiger partial charge in [-0.15, -0.1) is 0 Å². The van der Waals surface area contributed by atoms with Gasteiger partial charge in [0.25, 0.3) is 0 Å². The second kappa shape index (κ2) is 7.28. The predicted octanol–water partition coefficient (Wildman–Crippen LogP) is 6.73. The van der Waals surface area contributed by atoms with Crippen molar-refractivity contribution in [1.82, 2.24) is 0 Å². The highest BCUT2D eigenvalue weighted by Gasteiger charge is 2.24. The Labute approximate surface area is 126 Å². The lowest BCUT2D eigenvalue weighted by molar-refractivity contribution is 0.952. The molecule has 0 radical (unpaired) electrons. The molecule has 0 aromatic heterocycles. The molecule has 0 saturated carbocycles. The first-order chi connectivity index (χ1) is 9.66. The Morgan fingerprint density at radius 2 is 1.05 bits per heavy atom. The second-order valence-electron chi connectivity index (χ2n) is 4.90. The molecular weight excluding hydrogens is 240 g/mol. The van der Waals surface area contributed by atoms with E-state index in [0.29, 0.717) is 5.92 Å². The van der Waals surface area contributed by atoms with Crippen molar-refractivity contribution in [3.8, 4) is 11.1 Å². The van der Waals surface area contributed by atoms with E-state index in [0.717, 1.165) is 0 Å². The summed E-state index contributed by atoms with van der Waals surface area (Å²) in [5.74, 6) is 0.546. The summed E-state index contributed by atoms with van der Waals surface area (Å²) in [4.78, 5) is 0. The lowest BCUT2D eigenvalue weighted by Gasteiger charge is -2.07. The minimum Gasteiger partial charge on any atom is -0.0683 e. The molecule has 20 heavy (non-hydrogen) atoms. The number of aryl methyl sites for hydroxylation is 2. The third-order valence-corrected chi connectivity index (χ3v) is 3.64. The van der Waals surface area contributed by atoms with Gasteiger partial charge in [-0.3, -0.25) is 0 Å². The van der Waals surface area contributed by atoms with E-state index < -0.39 is 0 Å². The molecule has 0 N–H and O–H groups in total. The Morgan fingerprint density at radius 1 is 0.700 bits per heavy atom. The van der Waals surface area contributed by atoms with E-state index in [9.17, 15) is 0 Å². The van der Waals surface area contributed by atoms with Crippen LogP contribution in [-0.4, -0.2) is 0 Å². The summed E-state index contributed by atoms with van der Waals surface area (Å²) in [5, 5.41) is 0. The maximum Gasteiger partial charge on any atom is 0.00735 e. The molecular formula is C20H30. The molecule has 0 heterocycles. The number of fused-ring (bicyclic) bond motifs is 3. The van der Waals surface area contributed by atoms with Crippen molar-refractivity contribution in [2.24, 2.45) is 0 Å². The van der Waals surface area contributed by atoms with Crippen LogP contribution in [0.2, 0.25) is 0 Å². The van der Waals surface area contributed by atoms with Gasteiger partial charge in [0.2, 0.25) is 0 Å². The minimum atomic E-state index is 0. The summed E-state index contributed by atoms with van der Waals surface area (Å²) in [6, 6.07) is 13.6. The van der Waals surface area contributed by atoms with Crippen molar-refractivity contribution < 1.29 is 1.43 Å². The van der Waals surface area contributed by atoms with Crippen molar-refractivity contribution in [2.75, 3.05) is 0 Å². The smallest absolute Gasteiger partial charge is 0.00735 e. The zero-order valence-corrected chi connectivity index (χ0v) is 14.0. The first-order valence-electron chi connectivity index (χ1n) is 7.88. The Hall–Kier alpha value is -1.56. The van der Waals surface area contributed by atoms with Gasteiger partial charge in [-0.05, 0) is 36.1 Å². The molecule has 0 aliphatic heterocycles. The summed E-state index contributed by atoms with van der Waals surface area (Å²) in [6.45, 7) is 14.6. The highest BCUT2D eigenvalue weighted by atomic mass is 14.3. The zero-order chi connectivity index (χ0) is 15.3. The SMILES string of the molecule is CC.CC.Cc1ccc2c(c1)C(C)c1cc(C)ccc1-2.[2HH]. The summed E-state index contributed by atoms with van der Waals surface area (Å²) in [6.07, 6.45) is 0. The zero-order valence-electron chi connectivity index (χ0n) is 14.0. The Bertz CT molecular complexity index is 519. The predicted molar refractivity (Wildman–Crippen MR) is 93.7 cm³/mol. The quantitative estimate of drug-likeness (QED) is 0.498. The van der Waals surface area contributed by atoms with E-state index in [4.69, 9.17) is 0 Å². The summed E-state index contributed by atoms with van der Waals surface area (Å²) in [5.41, 5.74) is 8.53. The molecule has 0 nitrogen and oxygen atoms in total. The highest BCUT2D eigenvalue weighted by molar-refractivity contribution is 5.79. The fraction of sp³-hybridized carbons (Fsp3) is 0.400. The van der Waals surface area contributed by atoms with E-state index in [1.54, 1.807) is 0 Å². The van der Waals surface area contributed by atoms with Crippen LogP contribution in [0, 0.1) is 13.8 Å². The summed E-state index contributed by atoms with van der Waals surface area (Å²) in [7, 11) is 0. The van der Waals surface area contributed by atoms with E-state index in [2.05, 4.69) is 57.2 Å². The average molecular weight is 271 g/mol. The molecule has 0 fully saturated rings. The van der Waals surface area contributed by atoms with Gasteiger partial charge in [0.1, 0.15) is 0 Å². The molecule has 0 bridgehead atoms. The van der Waals surface area contributed by atoms with E-state index >= 15 is 0 Å². The van der Waals surface area contributed by atoms with Crippen LogP contribution < -0.4 is 0 Å². The van der Waals surface area contributed by atoms with Gasteiger partial charge >= 0.3 is 0 Å². The monoisotopic (exact) mass is 271 g/mol. The normalized spacial score (nSPS) is 11.6. The van der Waals surface area contributed by atoms with Gasteiger partial charge in [0.05, 0.1) is 0 Å². The van der Waals surface area contributed by atoms with Crippen LogP contribution in [0.15, 0.2) is 36.4 Å². The minimum absolute atomic E-state index is 0. The fourth-order valence-electron chi connectivity index (χ4n) is 2.74. The largest absolute Gasteiger partial charge is 0.0683 e. The molecule has 0 saturated heterocycles. The van der Waals surface area contributed by atoms with E-state index in [1.165, 1.54) is 33.4 Å². The summed E-state index contributed by atoms with van der Waals surface area (Å²) >= 11 is 0. The topological polar surface area (TPSA) is 0 Å². The van der Waals surface area contributed by atoms with Crippen LogP contribution >= 0.6 is 0 Å². The number of rotatable bonds is 0. The van der Waals surface area contributed by atoms with Crippen molar-refractivity contribution in [3.05, 3.63) is 58.7 Å². The highest BCUT2D eigenvalue weighted by Crippen LogP contribution is 2.44. The van der Waals surface area contributed by atoms with Crippen LogP contribution in [0.1, 0.15) is 64.2 Å². The molecule has 2 aromatic carbocycles. The molecule has 3 rings (SSSR count). The van der Waals surface area contributed by atoms with Gasteiger partial charge in [0, 0.05) is 7.34 Å². The van der Waals surface area contributed by atoms with Crippen molar-refractivity contribution in [3.63, 3.8) is 0 Å². The average Bonchev–Trinajstić information content (AvgIpc) is 2.76. The third kappa shape index (κ3) is 2.95. The number of hydrogen-bond donors (Lipinski definition) is 0.